The Balaban J connectivity index is 0.000000141. The van der Waals surface area contributed by atoms with Crippen LogP contribution in [0.5, 0.6) is 0 Å². The van der Waals surface area contributed by atoms with Crippen molar-refractivity contribution in [1.82, 2.24) is 0 Å². The summed E-state index contributed by atoms with van der Waals surface area (Å²) in [5.41, 5.74) is -1.23. The molecule has 2 heterocycles. The first kappa shape index (κ1) is 108. The van der Waals surface area contributed by atoms with Gasteiger partial charge in [0.2, 0.25) is 0 Å². The van der Waals surface area contributed by atoms with Gasteiger partial charge in [0.15, 0.2) is 13.2 Å². The van der Waals surface area contributed by atoms with E-state index in [0.29, 0.717) is 121 Å². The maximum Gasteiger partial charge on any atom is 0.344 e. The van der Waals surface area contributed by atoms with Gasteiger partial charge in [-0.15, -0.1) is 0 Å². The molecule has 12 atom stereocenters. The number of esters is 11. The topological polar surface area (TPSA) is 413 Å². The number of rotatable bonds is 33. The normalized spacial score (nSPS) is 37.4. The van der Waals surface area contributed by atoms with Gasteiger partial charge in [0.05, 0.1) is 52.8 Å². The van der Waals surface area contributed by atoms with Crippen LogP contribution in [0.15, 0.2) is 48.6 Å². The lowest BCUT2D eigenvalue weighted by Gasteiger charge is -2.62. The smallest absolute Gasteiger partial charge is 0.344 e. The van der Waals surface area contributed by atoms with E-state index >= 15 is 0 Å². The predicted molar refractivity (Wildman–Crippen MR) is 504 cm³/mol. The summed E-state index contributed by atoms with van der Waals surface area (Å²) >= 11 is 0. The van der Waals surface area contributed by atoms with Crippen molar-refractivity contribution in [2.45, 2.75) is 379 Å². The van der Waals surface area contributed by atoms with E-state index in [4.69, 9.17) is 55.7 Å². The fourth-order valence-electron chi connectivity index (χ4n) is 28.9. The van der Waals surface area contributed by atoms with Crippen LogP contribution in [0.3, 0.4) is 0 Å². The largest absolute Gasteiger partial charge is 0.462 e. The number of ketones is 1. The number of carbonyl (C=O) groups excluding carboxylic acids is 12. The van der Waals surface area contributed by atoms with Crippen LogP contribution in [0.25, 0.3) is 0 Å². The molecule has 30 nitrogen and oxygen atoms in total. The molecule has 20 saturated carbocycles. The summed E-state index contributed by atoms with van der Waals surface area (Å²) in [6.07, 6.45) is 26.3. The predicted octanol–water partition coefficient (Wildman–Crippen LogP) is 16.0. The summed E-state index contributed by atoms with van der Waals surface area (Å²) in [7, 11) is -7.09. The second-order valence-corrected chi connectivity index (χ2v) is 50.5. The Kier molecular flexibility index (Phi) is 33.5. The zero-order chi connectivity index (χ0) is 101. The molecule has 22 aliphatic rings. The Morgan fingerprint density at radius 1 is 0.391 bits per heavy atom. The van der Waals surface area contributed by atoms with Crippen molar-refractivity contribution in [3.63, 3.8) is 0 Å². The number of hydrogen-bond donors (Lipinski definition) is 1. The van der Waals surface area contributed by atoms with Crippen LogP contribution in [0.1, 0.15) is 316 Å². The van der Waals surface area contributed by atoms with Gasteiger partial charge in [-0.1, -0.05) is 67.9 Å². The van der Waals surface area contributed by atoms with Crippen LogP contribution in [0, 0.1) is 129 Å². The minimum Gasteiger partial charge on any atom is -0.462 e. The molecule has 0 amide bonds. The van der Waals surface area contributed by atoms with Crippen LogP contribution in [0.2, 0.25) is 0 Å². The van der Waals surface area contributed by atoms with E-state index in [1.54, 1.807) is 34.6 Å². The second kappa shape index (κ2) is 42.9. The second-order valence-electron chi connectivity index (χ2n) is 47.0. The number of hydrogen-bond acceptors (Lipinski definition) is 30. The first-order valence-electron chi connectivity index (χ1n) is 51.5. The van der Waals surface area contributed by atoms with Gasteiger partial charge in [0.1, 0.15) is 65.8 Å². The van der Waals surface area contributed by atoms with Gasteiger partial charge in [0, 0.05) is 65.2 Å². The van der Waals surface area contributed by atoms with Gasteiger partial charge in [-0.3, -0.25) is 37.1 Å². The summed E-state index contributed by atoms with van der Waals surface area (Å²) in [6, 6.07) is 0. The summed E-state index contributed by atoms with van der Waals surface area (Å²) in [6.45, 7) is 42.3. The third kappa shape index (κ3) is 23.8. The molecule has 22 fully saturated rings. The van der Waals surface area contributed by atoms with Gasteiger partial charge in [0.25, 0.3) is 20.2 Å². The Bertz CT molecular complexity index is 4760. The van der Waals surface area contributed by atoms with E-state index in [-0.39, 0.29) is 127 Å². The van der Waals surface area contributed by atoms with Crippen molar-refractivity contribution in [2.24, 2.45) is 129 Å². The number of ether oxygens (including phenoxy) is 11. The van der Waals surface area contributed by atoms with Gasteiger partial charge >= 0.3 is 65.7 Å². The van der Waals surface area contributed by atoms with Crippen molar-refractivity contribution >= 4 is 91.7 Å². The van der Waals surface area contributed by atoms with Crippen molar-refractivity contribution in [3.05, 3.63) is 48.6 Å². The van der Waals surface area contributed by atoms with Crippen molar-refractivity contribution < 1.29 is 140 Å². The molecule has 0 aromatic heterocycles. The van der Waals surface area contributed by atoms with E-state index in [0.717, 1.165) is 93.3 Å². The van der Waals surface area contributed by atoms with E-state index in [9.17, 15) is 79.5 Å². The van der Waals surface area contributed by atoms with Crippen LogP contribution >= 0.6 is 0 Å². The molecule has 22 rings (SSSR count). The van der Waals surface area contributed by atoms with Crippen LogP contribution < -0.4 is 0 Å². The first-order chi connectivity index (χ1) is 64.6. The number of carbonyl (C=O) groups is 12. The molecule has 0 aromatic rings. The molecule has 0 aromatic carbocycles. The zero-order valence-electron chi connectivity index (χ0n) is 84.3. The standard InChI is InChI=1S/C19H28O9S.C19H26O6.C19H32O2.C18H24O8S.C17H26O2.C14H20O3/c1-4-19(2,3)18(22)26-8-7-25-14(20)5-6-15(21)27-16-11-9-12-13(10-11)29(23,24)28-17(12)16;1-11(2)18(22)24-9-16(20)23-10-17(21)25-19(3)14-5-12-4-13(7-14)8-15(19)6-12;1-6-18(4,5)17(20)21-19(12(2)3)15-8-13-7-14(10-15)11-16(19)9-13;1-10(2)18(21)24-7-3-4-12(19)5-6-15(20)25-16-11-8-13-14(9-11)27(22,23)26-17(13)16;1-10(2)16(18)19-17(11(3)4)14-6-12-5-13(8-14)9-15(17)7-12;1-9(2)12(15)17-14-6-10-3-11(7-14)5-13(16,4-10)8-14/h11-13,16-17H,4-10H2,1-3H3;12-15H,1,4-10H2,2-3H3;12-16H,6-11H2,1-5H3;11,13-14,16-17H,1,3-9H2,2H3;11-15H,1,5-9H2,2-4H3;10-11,16H,1,3-8H2,2H3. The van der Waals surface area contributed by atoms with Gasteiger partial charge < -0.3 is 57.2 Å². The van der Waals surface area contributed by atoms with Gasteiger partial charge in [-0.05, 0) is 330 Å². The molecule has 0 spiro atoms. The van der Waals surface area contributed by atoms with Gasteiger partial charge in [-0.25, -0.2) is 28.8 Å². The van der Waals surface area contributed by atoms with E-state index < -0.39 is 132 Å². The first-order valence-corrected chi connectivity index (χ1v) is 54.4. The number of Topliss-reactive ketones (excluding diaryl/α,β-unsaturated/α-hetero) is 1. The maximum atomic E-state index is 12.8. The third-order valence-corrected chi connectivity index (χ3v) is 39.0. The molecule has 1 N–H and O–H groups in total. The number of aliphatic hydroxyl groups is 1. The van der Waals surface area contributed by atoms with Crippen LogP contribution in [-0.2, 0) is 138 Å². The molecule has 20 aliphatic carbocycles. The quantitative estimate of drug-likeness (QED) is 0.0210. The molecule has 138 heavy (non-hydrogen) atoms. The minimum atomic E-state index is -3.56. The lowest BCUT2D eigenvalue weighted by molar-refractivity contribution is -0.231. The summed E-state index contributed by atoms with van der Waals surface area (Å²) in [4.78, 5) is 142. The fraction of sp³-hybridized carbons (Fsp3) is 0.811. The SMILES string of the molecule is C=C(C)C(=O)OC1(C(C)C)C2CC3CC(C2)CC1C3.C=C(C)C(=O)OC12CC3CC(CC(O)(C3)C1)C2.C=C(C)C(=O)OCC(=O)OCC(=O)OC1(C)C2CC3CC(C2)CC1C3.C=C(C)C(=O)OCCCC(=O)CCC(=O)OC1C2CC3C1OS(=O)(=O)C3C2.CCC(C)(C)C(=O)OC1(C(C)C)C2CC3CC(C2)CC1C3.CCC(C)(C)C(=O)OCCOC(=O)CCC(=O)OC1C2CC3C1OS(=O)(=O)C3C2. The minimum absolute atomic E-state index is 0.00904. The molecule has 0 radical (unpaired) electrons. The molecular formula is C106H156O30S2. The highest BCUT2D eigenvalue weighted by Crippen LogP contribution is 2.66. The molecule has 32 heteroatoms. The Labute approximate surface area is 816 Å². The summed E-state index contributed by atoms with van der Waals surface area (Å²) < 4.78 is 117. The van der Waals surface area contributed by atoms with Crippen molar-refractivity contribution in [1.29, 1.82) is 0 Å². The van der Waals surface area contributed by atoms with Crippen molar-refractivity contribution in [2.75, 3.05) is 33.0 Å². The third-order valence-electron chi connectivity index (χ3n) is 35.4. The Morgan fingerprint density at radius 3 is 1.19 bits per heavy atom. The summed E-state index contributed by atoms with van der Waals surface area (Å²) in [5, 5.41) is 9.58. The molecule has 12 unspecified atom stereocenters. The highest BCUT2D eigenvalue weighted by molar-refractivity contribution is 7.88. The van der Waals surface area contributed by atoms with Crippen LogP contribution in [-0.4, -0.2) is 189 Å². The molecule has 20 bridgehead atoms. The van der Waals surface area contributed by atoms with Crippen LogP contribution in [0.4, 0.5) is 0 Å². The lowest BCUT2D eigenvalue weighted by Crippen LogP contribution is -2.63. The average molecular weight is 1970 g/mol. The van der Waals surface area contributed by atoms with Crippen molar-refractivity contribution in [3.8, 4) is 0 Å². The highest BCUT2D eigenvalue weighted by atomic mass is 32.2. The Hall–Kier alpha value is -7.42. The Morgan fingerprint density at radius 2 is 0.768 bits per heavy atom. The van der Waals surface area contributed by atoms with E-state index in [1.165, 1.54) is 84.0 Å². The highest BCUT2D eigenvalue weighted by Gasteiger charge is 2.69. The van der Waals surface area contributed by atoms with Gasteiger partial charge in [-0.2, -0.15) is 16.8 Å². The van der Waals surface area contributed by atoms with E-state index in [2.05, 4.69) is 65.7 Å². The molecule has 2 saturated heterocycles. The lowest BCUT2D eigenvalue weighted by atomic mass is 9.47. The molecular weight excluding hydrogens is 1820 g/mol. The number of fused-ring (bicyclic) bond motifs is 2. The van der Waals surface area contributed by atoms with E-state index in [1.807, 2.05) is 27.7 Å². The molecule has 2 aliphatic heterocycles. The molecule has 772 valence electrons. The zero-order valence-corrected chi connectivity index (χ0v) is 85.9. The monoisotopic (exact) mass is 1970 g/mol. The summed E-state index contributed by atoms with van der Waals surface area (Å²) in [5.74, 6) is 5.12. The fourth-order valence-corrected chi connectivity index (χ4v) is 32.6. The average Bonchev–Trinajstić information content (AvgIpc) is 1.56. The maximum absolute atomic E-state index is 12.8.